The van der Waals surface area contributed by atoms with Gasteiger partial charge in [-0.05, 0) is 37.5 Å². The largest absolute Gasteiger partial charge is 0.384 e. The zero-order valence-electron chi connectivity index (χ0n) is 13.7. The lowest BCUT2D eigenvalue weighted by Gasteiger charge is -2.25. The monoisotopic (exact) mass is 396 g/mol. The predicted octanol–water partition coefficient (Wildman–Crippen LogP) is 4.13. The molecule has 1 aromatic carbocycles. The lowest BCUT2D eigenvalue weighted by Crippen LogP contribution is -2.32. The quantitative estimate of drug-likeness (QED) is 0.621. The number of rotatable bonds is 4. The van der Waals surface area contributed by atoms with E-state index in [4.69, 9.17) is 28.9 Å². The molecule has 1 amide bonds. The van der Waals surface area contributed by atoms with Crippen molar-refractivity contribution in [1.82, 2.24) is 14.9 Å². The lowest BCUT2D eigenvalue weighted by atomic mass is 10.0. The Morgan fingerprint density at radius 3 is 2.84 bits per heavy atom. The molecule has 1 fully saturated rings. The second-order valence-corrected chi connectivity index (χ2v) is 7.68. The van der Waals surface area contributed by atoms with E-state index in [1.54, 1.807) is 12.1 Å². The summed E-state index contributed by atoms with van der Waals surface area (Å²) < 4.78 is 0. The van der Waals surface area contributed by atoms with Crippen molar-refractivity contribution in [2.45, 2.75) is 31.0 Å². The van der Waals surface area contributed by atoms with Crippen LogP contribution in [-0.4, -0.2) is 33.1 Å². The minimum Gasteiger partial charge on any atom is -0.384 e. The summed E-state index contributed by atoms with van der Waals surface area (Å²) in [4.78, 5) is 23.0. The van der Waals surface area contributed by atoms with Crippen LogP contribution in [-0.2, 0) is 4.79 Å². The molecule has 5 nitrogen and oxygen atoms in total. The van der Waals surface area contributed by atoms with Gasteiger partial charge in [0.2, 0.25) is 5.91 Å². The maximum atomic E-state index is 12.7. The number of likely N-dealkylation sites (tertiary alicyclic amines) is 1. The molecule has 1 atom stereocenters. The number of nitrogens with two attached hydrogens (primary N) is 1. The van der Waals surface area contributed by atoms with E-state index < -0.39 is 0 Å². The number of hydrogen-bond donors (Lipinski definition) is 1. The van der Waals surface area contributed by atoms with Gasteiger partial charge >= 0.3 is 0 Å². The first kappa shape index (κ1) is 18.3. The fraction of sp³-hybridized carbons (Fsp3) is 0.353. The number of hydrogen-bond acceptors (Lipinski definition) is 5. The number of aromatic nitrogens is 2. The molecule has 25 heavy (non-hydrogen) atoms. The van der Waals surface area contributed by atoms with E-state index in [0.717, 1.165) is 30.6 Å². The molecular weight excluding hydrogens is 379 g/mol. The molecule has 2 heterocycles. The molecule has 132 valence electrons. The van der Waals surface area contributed by atoms with Gasteiger partial charge in [-0.25, -0.2) is 9.97 Å². The summed E-state index contributed by atoms with van der Waals surface area (Å²) in [6.07, 6.45) is 1.89. The van der Waals surface area contributed by atoms with Crippen LogP contribution in [0.2, 0.25) is 10.0 Å². The summed E-state index contributed by atoms with van der Waals surface area (Å²) >= 11 is 13.4. The van der Waals surface area contributed by atoms with Crippen molar-refractivity contribution in [1.29, 1.82) is 0 Å². The van der Waals surface area contributed by atoms with Crippen LogP contribution in [0.15, 0.2) is 29.4 Å². The smallest absolute Gasteiger partial charge is 0.233 e. The summed E-state index contributed by atoms with van der Waals surface area (Å²) in [6.45, 7) is 2.59. The summed E-state index contributed by atoms with van der Waals surface area (Å²) in [6, 6.07) is 7.29. The van der Waals surface area contributed by atoms with E-state index in [0.29, 0.717) is 21.0 Å². The molecule has 1 aliphatic heterocycles. The number of carbonyl (C=O) groups excluding carboxylic acids is 1. The molecule has 0 spiro atoms. The van der Waals surface area contributed by atoms with Crippen molar-refractivity contribution in [3.05, 3.63) is 45.6 Å². The highest BCUT2D eigenvalue weighted by atomic mass is 35.5. The number of thioether (sulfide) groups is 1. The molecule has 1 aliphatic rings. The fourth-order valence-corrected chi connectivity index (χ4v) is 4.07. The van der Waals surface area contributed by atoms with Gasteiger partial charge in [-0.1, -0.05) is 41.0 Å². The van der Waals surface area contributed by atoms with E-state index in [2.05, 4.69) is 9.97 Å². The zero-order valence-corrected chi connectivity index (χ0v) is 16.0. The van der Waals surface area contributed by atoms with Crippen molar-refractivity contribution in [3.8, 4) is 0 Å². The molecule has 0 bridgehead atoms. The van der Waals surface area contributed by atoms with E-state index >= 15 is 0 Å². The van der Waals surface area contributed by atoms with Crippen molar-refractivity contribution in [2.75, 3.05) is 18.0 Å². The maximum Gasteiger partial charge on any atom is 0.233 e. The zero-order chi connectivity index (χ0) is 18.0. The second kappa shape index (κ2) is 7.81. The Labute approximate surface area is 160 Å². The number of amides is 1. The van der Waals surface area contributed by atoms with Gasteiger partial charge < -0.3 is 10.6 Å². The van der Waals surface area contributed by atoms with Crippen molar-refractivity contribution >= 4 is 46.7 Å². The van der Waals surface area contributed by atoms with Gasteiger partial charge in [0, 0.05) is 18.3 Å². The molecule has 0 radical (unpaired) electrons. The predicted molar refractivity (Wildman–Crippen MR) is 102 cm³/mol. The molecule has 1 aromatic heterocycles. The highest BCUT2D eigenvalue weighted by Gasteiger charge is 2.30. The van der Waals surface area contributed by atoms with Crippen LogP contribution in [0.3, 0.4) is 0 Å². The normalized spacial score (nSPS) is 17.1. The summed E-state index contributed by atoms with van der Waals surface area (Å²) in [7, 11) is 0. The number of nitrogen functional groups attached to an aromatic ring is 1. The number of carbonyl (C=O) groups is 1. The third kappa shape index (κ3) is 4.37. The molecule has 3 rings (SSSR count). The van der Waals surface area contributed by atoms with Crippen LogP contribution >= 0.6 is 35.0 Å². The van der Waals surface area contributed by atoms with Crippen LogP contribution in [0.5, 0.6) is 0 Å². The first-order chi connectivity index (χ1) is 11.9. The Hall–Kier alpha value is -1.50. The SMILES string of the molecule is Cc1cc(N)nc(SCC(=O)N2CCCC2c2ccc(Cl)c(Cl)c2)n1. The second-order valence-electron chi connectivity index (χ2n) is 5.92. The molecule has 1 unspecified atom stereocenters. The van der Waals surface area contributed by atoms with Crippen LogP contribution in [0.25, 0.3) is 0 Å². The van der Waals surface area contributed by atoms with Crippen LogP contribution in [0.1, 0.15) is 30.1 Å². The van der Waals surface area contributed by atoms with E-state index in [1.807, 2.05) is 24.0 Å². The molecular formula is C17H18Cl2N4OS. The van der Waals surface area contributed by atoms with E-state index in [1.165, 1.54) is 11.8 Å². The van der Waals surface area contributed by atoms with Gasteiger partial charge in [0.25, 0.3) is 0 Å². The number of aryl methyl sites for hydroxylation is 1. The first-order valence-electron chi connectivity index (χ1n) is 7.92. The topological polar surface area (TPSA) is 72.1 Å². The standard InChI is InChI=1S/C17H18Cl2N4OS/c1-10-7-15(20)22-17(21-10)25-9-16(24)23-6-2-3-14(23)11-4-5-12(18)13(19)8-11/h4-5,7-8,14H,2-3,6,9H2,1H3,(H2,20,21,22). The van der Waals surface area contributed by atoms with Gasteiger partial charge in [0.15, 0.2) is 5.16 Å². The number of nitrogens with zero attached hydrogens (tertiary/aromatic N) is 3. The maximum absolute atomic E-state index is 12.7. The third-order valence-corrected chi connectivity index (χ3v) is 5.65. The van der Waals surface area contributed by atoms with Crippen molar-refractivity contribution in [3.63, 3.8) is 0 Å². The van der Waals surface area contributed by atoms with Crippen molar-refractivity contribution in [2.24, 2.45) is 0 Å². The highest BCUT2D eigenvalue weighted by molar-refractivity contribution is 7.99. The number of halogens is 2. The highest BCUT2D eigenvalue weighted by Crippen LogP contribution is 2.35. The lowest BCUT2D eigenvalue weighted by molar-refractivity contribution is -0.129. The Morgan fingerprint density at radius 1 is 1.32 bits per heavy atom. The minimum absolute atomic E-state index is 0.0337. The molecule has 0 aliphatic carbocycles. The Kier molecular flexibility index (Phi) is 5.71. The summed E-state index contributed by atoms with van der Waals surface area (Å²) in [5.74, 6) is 0.750. The fourth-order valence-electron chi connectivity index (χ4n) is 2.97. The molecule has 0 saturated carbocycles. The van der Waals surface area contributed by atoms with Crippen LogP contribution in [0.4, 0.5) is 5.82 Å². The van der Waals surface area contributed by atoms with Gasteiger partial charge in [0.1, 0.15) is 5.82 Å². The number of anilines is 1. The van der Waals surface area contributed by atoms with Gasteiger partial charge in [-0.15, -0.1) is 0 Å². The van der Waals surface area contributed by atoms with E-state index in [-0.39, 0.29) is 17.7 Å². The molecule has 1 saturated heterocycles. The van der Waals surface area contributed by atoms with Crippen molar-refractivity contribution < 1.29 is 4.79 Å². The molecule has 2 aromatic rings. The van der Waals surface area contributed by atoms with Crippen LogP contribution < -0.4 is 5.73 Å². The average Bonchev–Trinajstić information content (AvgIpc) is 3.04. The Balaban J connectivity index is 1.69. The summed E-state index contributed by atoms with van der Waals surface area (Å²) in [5.41, 5.74) is 7.53. The first-order valence-corrected chi connectivity index (χ1v) is 9.66. The van der Waals surface area contributed by atoms with Gasteiger partial charge in [0.05, 0.1) is 21.8 Å². The Bertz CT molecular complexity index is 782. The van der Waals surface area contributed by atoms with Gasteiger partial charge in [-0.2, -0.15) is 0 Å². The van der Waals surface area contributed by atoms with Gasteiger partial charge in [-0.3, -0.25) is 4.79 Å². The number of benzene rings is 1. The van der Waals surface area contributed by atoms with E-state index in [9.17, 15) is 4.79 Å². The average molecular weight is 397 g/mol. The molecule has 2 N–H and O–H groups in total. The third-order valence-electron chi connectivity index (χ3n) is 4.08. The Morgan fingerprint density at radius 2 is 2.12 bits per heavy atom. The van der Waals surface area contributed by atoms with Crippen LogP contribution in [0, 0.1) is 6.92 Å². The molecule has 8 heteroatoms. The minimum atomic E-state index is 0.0337. The summed E-state index contributed by atoms with van der Waals surface area (Å²) in [5, 5.41) is 1.55.